The molecule has 1 aromatic carbocycles. The van der Waals surface area contributed by atoms with Crippen LogP contribution in [0.3, 0.4) is 0 Å². The molecule has 0 spiro atoms. The zero-order valence-corrected chi connectivity index (χ0v) is 9.34. The van der Waals surface area contributed by atoms with Crippen molar-refractivity contribution in [2.45, 2.75) is 12.8 Å². The van der Waals surface area contributed by atoms with E-state index < -0.39 is 10.0 Å². The van der Waals surface area contributed by atoms with Crippen LogP contribution in [0.2, 0.25) is 0 Å². The van der Waals surface area contributed by atoms with Gasteiger partial charge in [-0.2, -0.15) is 0 Å². The molecule has 0 bridgehead atoms. The van der Waals surface area contributed by atoms with Gasteiger partial charge in [0.25, 0.3) is 0 Å². The maximum atomic E-state index is 11.8. The van der Waals surface area contributed by atoms with E-state index in [4.69, 9.17) is 0 Å². The quantitative estimate of drug-likeness (QED) is 0.762. The summed E-state index contributed by atoms with van der Waals surface area (Å²) in [6, 6.07) is 7.59. The molecule has 0 heterocycles. The van der Waals surface area contributed by atoms with E-state index in [1.165, 1.54) is 7.05 Å². The highest BCUT2D eigenvalue weighted by molar-refractivity contribution is 7.98. The Labute approximate surface area is 89.2 Å². The molecule has 0 radical (unpaired) electrons. The molecule has 0 aliphatic heterocycles. The van der Waals surface area contributed by atoms with Crippen LogP contribution in [0.4, 0.5) is 0 Å². The zero-order chi connectivity index (χ0) is 10.9. The van der Waals surface area contributed by atoms with Crippen LogP contribution >= 0.6 is 0 Å². The number of rotatable bonds is 2. The minimum absolute atomic E-state index is 0.503. The molecule has 3 nitrogen and oxygen atoms in total. The van der Waals surface area contributed by atoms with Crippen molar-refractivity contribution in [1.82, 2.24) is 4.72 Å². The minimum atomic E-state index is -3.29. The maximum Gasteiger partial charge on any atom is 0.237 e. The fraction of sp³-hybridized carbons (Fsp3) is 0.273. The number of hydrogen-bond acceptors (Lipinski definition) is 2. The van der Waals surface area contributed by atoms with Crippen LogP contribution in [0.5, 0.6) is 0 Å². The van der Waals surface area contributed by atoms with E-state index in [9.17, 15) is 8.42 Å². The Bertz CT molecular complexity index is 587. The topological polar surface area (TPSA) is 46.2 Å². The Balaban J connectivity index is 2.84. The van der Waals surface area contributed by atoms with Gasteiger partial charge in [-0.15, -0.1) is 0 Å². The zero-order valence-electron chi connectivity index (χ0n) is 8.53. The van der Waals surface area contributed by atoms with Gasteiger partial charge in [0.1, 0.15) is 0 Å². The van der Waals surface area contributed by atoms with Gasteiger partial charge in [-0.1, -0.05) is 30.3 Å². The summed E-state index contributed by atoms with van der Waals surface area (Å²) in [6.45, 7) is 0. The molecule has 0 aromatic heterocycles. The first kappa shape index (κ1) is 10.4. The van der Waals surface area contributed by atoms with Gasteiger partial charge in [0.05, 0.1) is 4.91 Å². The number of sulfonamides is 1. The summed E-state index contributed by atoms with van der Waals surface area (Å²) < 4.78 is 25.9. The normalized spacial score (nSPS) is 15.7. The largest absolute Gasteiger partial charge is 0.237 e. The van der Waals surface area contributed by atoms with Crippen LogP contribution in [0, 0.1) is 0 Å². The molecule has 0 atom stereocenters. The fourth-order valence-corrected chi connectivity index (χ4v) is 2.93. The third kappa shape index (κ3) is 1.82. The number of benzene rings is 1. The van der Waals surface area contributed by atoms with Gasteiger partial charge in [-0.05, 0) is 30.3 Å². The van der Waals surface area contributed by atoms with Crippen molar-refractivity contribution in [2.75, 3.05) is 7.05 Å². The lowest BCUT2D eigenvalue weighted by atomic mass is 10.1. The first-order valence-electron chi connectivity index (χ1n) is 4.87. The molecule has 0 unspecified atom stereocenters. The van der Waals surface area contributed by atoms with Crippen LogP contribution < -0.4 is 15.2 Å². The maximum absolute atomic E-state index is 11.8. The van der Waals surface area contributed by atoms with Gasteiger partial charge in [-0.25, -0.2) is 13.1 Å². The van der Waals surface area contributed by atoms with Crippen molar-refractivity contribution in [3.63, 3.8) is 0 Å². The predicted molar refractivity (Wildman–Crippen MR) is 60.8 cm³/mol. The number of fused-ring (bicyclic) bond motifs is 1. The molecule has 0 saturated carbocycles. The van der Waals surface area contributed by atoms with Crippen molar-refractivity contribution in [3.05, 3.63) is 34.7 Å². The predicted octanol–water partition coefficient (Wildman–Crippen LogP) is -0.0817. The van der Waals surface area contributed by atoms with Crippen molar-refractivity contribution in [3.8, 4) is 0 Å². The monoisotopic (exact) mass is 223 g/mol. The van der Waals surface area contributed by atoms with Crippen molar-refractivity contribution in [2.24, 2.45) is 0 Å². The Hall–Kier alpha value is -1.13. The lowest BCUT2D eigenvalue weighted by Gasteiger charge is -2.10. The fourth-order valence-electron chi connectivity index (χ4n) is 1.82. The molecule has 15 heavy (non-hydrogen) atoms. The first-order valence-corrected chi connectivity index (χ1v) is 6.35. The van der Waals surface area contributed by atoms with Gasteiger partial charge in [0, 0.05) is 0 Å². The van der Waals surface area contributed by atoms with Crippen LogP contribution in [0.1, 0.15) is 12.8 Å². The highest BCUT2D eigenvalue weighted by Crippen LogP contribution is 2.13. The van der Waals surface area contributed by atoms with E-state index in [1.807, 2.05) is 24.3 Å². The molecule has 2 rings (SSSR count). The average molecular weight is 223 g/mol. The van der Waals surface area contributed by atoms with E-state index in [0.717, 1.165) is 16.9 Å². The Morgan fingerprint density at radius 1 is 1.27 bits per heavy atom. The third-order valence-corrected chi connectivity index (χ3v) is 4.20. The Morgan fingerprint density at radius 2 is 2.00 bits per heavy atom. The second kappa shape index (κ2) is 3.79. The van der Waals surface area contributed by atoms with Gasteiger partial charge in [0.15, 0.2) is 0 Å². The molecule has 1 aliphatic carbocycles. The molecule has 0 saturated heterocycles. The number of nitrogens with one attached hydrogen (secondary N) is 1. The van der Waals surface area contributed by atoms with Crippen LogP contribution in [0.25, 0.3) is 11.0 Å². The molecule has 4 heteroatoms. The van der Waals surface area contributed by atoms with Gasteiger partial charge in [-0.3, -0.25) is 0 Å². The summed E-state index contributed by atoms with van der Waals surface area (Å²) in [5.74, 6) is 0. The van der Waals surface area contributed by atoms with E-state index in [0.29, 0.717) is 11.3 Å². The molecule has 0 amide bonds. The van der Waals surface area contributed by atoms with E-state index >= 15 is 0 Å². The van der Waals surface area contributed by atoms with E-state index in [1.54, 1.807) is 0 Å². The lowest BCUT2D eigenvalue weighted by molar-refractivity contribution is 0.597. The highest BCUT2D eigenvalue weighted by Gasteiger charge is 2.17. The van der Waals surface area contributed by atoms with Crippen molar-refractivity contribution >= 4 is 21.0 Å². The standard InChI is InChI=1S/C11H13NO2S/c1-12-15(13,14)11-8-4-6-9-5-2-3-7-10(9)11/h2-3,5-7,12H,4,8H2,1H3. The van der Waals surface area contributed by atoms with Gasteiger partial charge in [0.2, 0.25) is 10.0 Å². The Kier molecular flexibility index (Phi) is 2.63. The minimum Gasteiger partial charge on any atom is -0.214 e. The Morgan fingerprint density at radius 3 is 2.73 bits per heavy atom. The third-order valence-electron chi connectivity index (χ3n) is 2.59. The number of hydrogen-bond donors (Lipinski definition) is 1. The van der Waals surface area contributed by atoms with Gasteiger partial charge >= 0.3 is 0 Å². The molecule has 1 aliphatic rings. The summed E-state index contributed by atoms with van der Waals surface area (Å²) >= 11 is 0. The lowest BCUT2D eigenvalue weighted by Crippen LogP contribution is -2.34. The second-order valence-corrected chi connectivity index (χ2v) is 5.37. The molecule has 1 aromatic rings. The molecule has 0 fully saturated rings. The SMILES string of the molecule is CNS(=O)(=O)C1=c2ccccc2=CCC1. The highest BCUT2D eigenvalue weighted by atomic mass is 32.2. The van der Waals surface area contributed by atoms with E-state index in [2.05, 4.69) is 10.8 Å². The molecule has 80 valence electrons. The van der Waals surface area contributed by atoms with Crippen LogP contribution in [0.15, 0.2) is 24.3 Å². The molecular formula is C11H13NO2S. The van der Waals surface area contributed by atoms with Crippen LogP contribution in [-0.4, -0.2) is 15.5 Å². The first-order chi connectivity index (χ1) is 7.15. The van der Waals surface area contributed by atoms with Gasteiger partial charge < -0.3 is 0 Å². The van der Waals surface area contributed by atoms with Crippen LogP contribution in [-0.2, 0) is 10.0 Å². The summed E-state index contributed by atoms with van der Waals surface area (Å²) in [5, 5.41) is 1.84. The van der Waals surface area contributed by atoms with Crippen molar-refractivity contribution in [1.29, 1.82) is 0 Å². The summed E-state index contributed by atoms with van der Waals surface area (Å²) in [4.78, 5) is 0.503. The summed E-state index contributed by atoms with van der Waals surface area (Å²) in [7, 11) is -1.84. The average Bonchev–Trinajstić information content (AvgIpc) is 2.28. The second-order valence-electron chi connectivity index (χ2n) is 3.46. The summed E-state index contributed by atoms with van der Waals surface area (Å²) in [5.41, 5.74) is 0. The molecule has 1 N–H and O–H groups in total. The molecular weight excluding hydrogens is 210 g/mol. The van der Waals surface area contributed by atoms with E-state index in [-0.39, 0.29) is 0 Å². The van der Waals surface area contributed by atoms with Crippen molar-refractivity contribution < 1.29 is 8.42 Å². The smallest absolute Gasteiger partial charge is 0.214 e. The summed E-state index contributed by atoms with van der Waals surface area (Å²) in [6.07, 6.45) is 3.44.